The van der Waals surface area contributed by atoms with Gasteiger partial charge in [0, 0.05) is 36.5 Å². The van der Waals surface area contributed by atoms with Crippen LogP contribution in [0.3, 0.4) is 0 Å². The molecule has 0 aromatic heterocycles. The first-order valence-corrected chi connectivity index (χ1v) is 10.4. The number of fused-ring (bicyclic) bond motifs is 1. The predicted octanol–water partition coefficient (Wildman–Crippen LogP) is 4.12. The van der Waals surface area contributed by atoms with Gasteiger partial charge < -0.3 is 15.4 Å². The van der Waals surface area contributed by atoms with E-state index in [4.69, 9.17) is 10.5 Å². The minimum Gasteiger partial charge on any atom is -0.489 e. The molecule has 4 rings (SSSR count). The van der Waals surface area contributed by atoms with E-state index in [2.05, 4.69) is 4.99 Å². The number of ether oxygens (including phenoxy) is 1. The lowest BCUT2D eigenvalue weighted by Crippen LogP contribution is -2.42. The van der Waals surface area contributed by atoms with Crippen LogP contribution in [0.25, 0.3) is 5.57 Å². The Morgan fingerprint density at radius 2 is 1.93 bits per heavy atom. The molecule has 1 aromatic carbocycles. The van der Waals surface area contributed by atoms with Crippen LogP contribution in [0, 0.1) is 11.6 Å². The summed E-state index contributed by atoms with van der Waals surface area (Å²) in [5.41, 5.74) is 6.65. The van der Waals surface area contributed by atoms with Crippen molar-refractivity contribution in [3.63, 3.8) is 0 Å². The van der Waals surface area contributed by atoms with Gasteiger partial charge in [-0.2, -0.15) is 0 Å². The van der Waals surface area contributed by atoms with Crippen molar-refractivity contribution in [2.75, 3.05) is 4.90 Å². The molecule has 1 amide bonds. The molecule has 0 saturated heterocycles. The molecule has 3 aliphatic rings. The zero-order valence-electron chi connectivity index (χ0n) is 16.9. The quantitative estimate of drug-likeness (QED) is 0.752. The molecular weight excluding hydrogens is 376 g/mol. The number of nitrogens with zero attached hydrogens (tertiary/aromatic N) is 2. The summed E-state index contributed by atoms with van der Waals surface area (Å²) in [5, 5.41) is 0. The van der Waals surface area contributed by atoms with Crippen molar-refractivity contribution in [1.82, 2.24) is 0 Å². The van der Waals surface area contributed by atoms with Crippen molar-refractivity contribution in [2.45, 2.75) is 77.0 Å². The molecule has 1 aromatic rings. The fourth-order valence-corrected chi connectivity index (χ4v) is 4.00. The Morgan fingerprint density at radius 3 is 2.48 bits per heavy atom. The van der Waals surface area contributed by atoms with E-state index in [1.807, 2.05) is 6.92 Å². The molecule has 7 heteroatoms. The first kappa shape index (κ1) is 19.9. The smallest absolute Gasteiger partial charge is 0.224 e. The summed E-state index contributed by atoms with van der Waals surface area (Å²) >= 11 is 0. The lowest BCUT2D eigenvalue weighted by Gasteiger charge is -2.38. The number of amides is 1. The van der Waals surface area contributed by atoms with E-state index in [1.165, 1.54) is 24.2 Å². The highest BCUT2D eigenvalue weighted by molar-refractivity contribution is 6.11. The molecule has 1 aliphatic heterocycles. The van der Waals surface area contributed by atoms with E-state index >= 15 is 8.78 Å². The van der Waals surface area contributed by atoms with E-state index in [-0.39, 0.29) is 35.3 Å². The summed E-state index contributed by atoms with van der Waals surface area (Å²) in [6.45, 7) is 3.21. The third-order valence-corrected chi connectivity index (χ3v) is 6.02. The average Bonchev–Trinajstić information content (AvgIpc) is 3.47. The molecule has 1 atom stereocenters. The molecule has 156 valence electrons. The Morgan fingerprint density at radius 1 is 1.21 bits per heavy atom. The SMILES string of the molecule is CC(=O)N1c2c(F)c(F)c(C(C=NC3CC3)=CN)c(OC3CCC3)c2CCC1C. The predicted molar refractivity (Wildman–Crippen MR) is 109 cm³/mol. The first-order valence-electron chi connectivity index (χ1n) is 10.4. The highest BCUT2D eigenvalue weighted by Gasteiger charge is 2.37. The van der Waals surface area contributed by atoms with Crippen LogP contribution in [-0.2, 0) is 11.2 Å². The van der Waals surface area contributed by atoms with Gasteiger partial charge in [0.25, 0.3) is 0 Å². The minimum atomic E-state index is -1.04. The summed E-state index contributed by atoms with van der Waals surface area (Å²) in [4.78, 5) is 18.0. The number of benzene rings is 1. The number of carbonyl (C=O) groups is 1. The molecule has 2 aliphatic carbocycles. The summed E-state index contributed by atoms with van der Waals surface area (Å²) < 4.78 is 36.9. The fraction of sp³-hybridized carbons (Fsp3) is 0.545. The topological polar surface area (TPSA) is 67.9 Å². The van der Waals surface area contributed by atoms with Crippen molar-refractivity contribution in [3.8, 4) is 5.75 Å². The Labute approximate surface area is 169 Å². The van der Waals surface area contributed by atoms with Crippen LogP contribution in [0.4, 0.5) is 14.5 Å². The number of carbonyl (C=O) groups excluding carboxylic acids is 1. The van der Waals surface area contributed by atoms with Crippen LogP contribution in [0.1, 0.15) is 63.5 Å². The first-order chi connectivity index (χ1) is 13.9. The molecular formula is C22H27F2N3O2. The van der Waals surface area contributed by atoms with Gasteiger partial charge in [-0.05, 0) is 51.9 Å². The highest BCUT2D eigenvalue weighted by Crippen LogP contribution is 2.46. The molecule has 1 unspecified atom stereocenters. The van der Waals surface area contributed by atoms with E-state index < -0.39 is 11.6 Å². The van der Waals surface area contributed by atoms with Crippen molar-refractivity contribution < 1.29 is 18.3 Å². The van der Waals surface area contributed by atoms with Crippen molar-refractivity contribution in [2.24, 2.45) is 10.7 Å². The van der Waals surface area contributed by atoms with Gasteiger partial charge in [0.2, 0.25) is 5.91 Å². The Kier molecular flexibility index (Phi) is 5.32. The van der Waals surface area contributed by atoms with E-state index in [1.54, 1.807) is 0 Å². The van der Waals surface area contributed by atoms with Crippen molar-refractivity contribution in [3.05, 3.63) is 29.0 Å². The number of anilines is 1. The number of hydrogen-bond donors (Lipinski definition) is 1. The van der Waals surface area contributed by atoms with E-state index in [0.717, 1.165) is 32.1 Å². The average molecular weight is 403 g/mol. The number of nitrogens with two attached hydrogens (primary N) is 1. The lowest BCUT2D eigenvalue weighted by atomic mass is 9.90. The molecule has 0 radical (unpaired) electrons. The molecule has 29 heavy (non-hydrogen) atoms. The van der Waals surface area contributed by atoms with E-state index in [9.17, 15) is 4.79 Å². The zero-order chi connectivity index (χ0) is 20.7. The van der Waals surface area contributed by atoms with Gasteiger partial charge in [0.15, 0.2) is 11.6 Å². The van der Waals surface area contributed by atoms with Crippen molar-refractivity contribution >= 4 is 23.4 Å². The second kappa shape index (κ2) is 7.76. The Balaban J connectivity index is 1.90. The number of allylic oxidation sites excluding steroid dienone is 1. The van der Waals surface area contributed by atoms with Crippen LogP contribution in [0.2, 0.25) is 0 Å². The van der Waals surface area contributed by atoms with Crippen LogP contribution in [0.15, 0.2) is 11.2 Å². The number of hydrogen-bond acceptors (Lipinski definition) is 4. The van der Waals surface area contributed by atoms with E-state index in [0.29, 0.717) is 29.7 Å². The van der Waals surface area contributed by atoms with Gasteiger partial charge in [-0.15, -0.1) is 0 Å². The minimum absolute atomic E-state index is 0.00215. The lowest BCUT2D eigenvalue weighted by molar-refractivity contribution is -0.117. The second-order valence-corrected chi connectivity index (χ2v) is 8.24. The summed E-state index contributed by atoms with van der Waals surface area (Å²) in [6.07, 6.45) is 8.66. The maximum atomic E-state index is 15.4. The molecule has 5 nitrogen and oxygen atoms in total. The van der Waals surface area contributed by atoms with Gasteiger partial charge >= 0.3 is 0 Å². The standard InChI is InChI=1S/C22H27F2N3O2/c1-12-6-9-17-21(27(12)13(2)28)20(24)19(23)18(22(17)29-16-4-3-5-16)14(10-25)11-26-15-7-8-15/h10-12,15-16H,3-9,25H2,1-2H3. The molecule has 0 spiro atoms. The van der Waals surface area contributed by atoms with Crippen LogP contribution >= 0.6 is 0 Å². The third-order valence-electron chi connectivity index (χ3n) is 6.02. The molecule has 0 bridgehead atoms. The van der Waals surface area contributed by atoms with Gasteiger partial charge in [-0.1, -0.05) is 0 Å². The van der Waals surface area contributed by atoms with Crippen LogP contribution < -0.4 is 15.4 Å². The third kappa shape index (κ3) is 3.63. The number of aliphatic imine (C=N–C) groups is 1. The maximum Gasteiger partial charge on any atom is 0.224 e. The Bertz CT molecular complexity index is 889. The maximum absolute atomic E-state index is 15.4. The Hall–Kier alpha value is -2.44. The highest BCUT2D eigenvalue weighted by atomic mass is 19.2. The molecule has 2 N–H and O–H groups in total. The number of rotatable bonds is 5. The molecule has 2 saturated carbocycles. The molecule has 1 heterocycles. The van der Waals surface area contributed by atoms with Crippen molar-refractivity contribution in [1.29, 1.82) is 0 Å². The van der Waals surface area contributed by atoms with Crippen LogP contribution in [0.5, 0.6) is 5.75 Å². The summed E-state index contributed by atoms with van der Waals surface area (Å²) in [6, 6.07) is 0.0118. The zero-order valence-corrected chi connectivity index (χ0v) is 16.9. The normalized spacial score (nSPS) is 22.6. The van der Waals surface area contributed by atoms with Gasteiger partial charge in [0.1, 0.15) is 5.75 Å². The summed E-state index contributed by atoms with van der Waals surface area (Å²) in [5.74, 6) is -2.08. The van der Waals surface area contributed by atoms with Crippen LogP contribution in [-0.4, -0.2) is 30.3 Å². The largest absolute Gasteiger partial charge is 0.489 e. The van der Waals surface area contributed by atoms with Gasteiger partial charge in [-0.3, -0.25) is 9.79 Å². The van der Waals surface area contributed by atoms with Gasteiger partial charge in [-0.25, -0.2) is 8.78 Å². The fourth-order valence-electron chi connectivity index (χ4n) is 4.00. The monoisotopic (exact) mass is 403 g/mol. The second-order valence-electron chi connectivity index (χ2n) is 8.24. The summed E-state index contributed by atoms with van der Waals surface area (Å²) in [7, 11) is 0. The van der Waals surface area contributed by atoms with Gasteiger partial charge in [0.05, 0.1) is 23.4 Å². The molecule has 2 fully saturated rings. The number of halogens is 2.